The molecule has 1 aromatic heterocycles. The molecule has 1 fully saturated rings. The average Bonchev–Trinajstić information content (AvgIpc) is 3.03. The maximum atomic E-state index is 11.9. The Morgan fingerprint density at radius 1 is 1.69 bits per heavy atom. The van der Waals surface area contributed by atoms with Crippen LogP contribution in [0, 0.1) is 6.92 Å². The maximum absolute atomic E-state index is 11.9. The minimum Gasteiger partial charge on any atom is -0.461 e. The number of hydrogen-bond donors (Lipinski definition) is 0. The van der Waals surface area contributed by atoms with Crippen LogP contribution >= 0.6 is 0 Å². The van der Waals surface area contributed by atoms with Gasteiger partial charge in [0, 0.05) is 5.56 Å². The topological polar surface area (TPSA) is 44.1 Å². The molecule has 0 amide bonds. The maximum Gasteiger partial charge on any atom is 0.357 e. The van der Waals surface area contributed by atoms with Crippen LogP contribution in [0.5, 0.6) is 0 Å². The lowest BCUT2D eigenvalue weighted by Crippen LogP contribution is -2.13. The lowest BCUT2D eigenvalue weighted by atomic mass is 10.2. The predicted molar refractivity (Wildman–Crippen MR) is 61.3 cm³/mol. The summed E-state index contributed by atoms with van der Waals surface area (Å²) in [6.45, 7) is 7.80. The highest BCUT2D eigenvalue weighted by Crippen LogP contribution is 2.37. The zero-order chi connectivity index (χ0) is 11.7. The van der Waals surface area contributed by atoms with Gasteiger partial charge in [-0.2, -0.15) is 5.10 Å². The van der Waals surface area contributed by atoms with Gasteiger partial charge in [-0.25, -0.2) is 4.79 Å². The van der Waals surface area contributed by atoms with Crippen molar-refractivity contribution >= 4 is 12.0 Å². The quantitative estimate of drug-likeness (QED) is 0.731. The number of carbonyl (C=O) groups is 1. The van der Waals surface area contributed by atoms with Crippen LogP contribution in [0.1, 0.15) is 47.6 Å². The second-order valence-electron chi connectivity index (χ2n) is 3.95. The third-order valence-corrected chi connectivity index (χ3v) is 2.70. The third kappa shape index (κ3) is 1.75. The number of nitrogens with zero attached hydrogens (tertiary/aromatic N) is 2. The van der Waals surface area contributed by atoms with E-state index in [0.717, 1.165) is 24.1 Å². The first kappa shape index (κ1) is 10.9. The van der Waals surface area contributed by atoms with Crippen molar-refractivity contribution in [3.63, 3.8) is 0 Å². The zero-order valence-corrected chi connectivity index (χ0v) is 9.69. The fraction of sp³-hybridized carbons (Fsp3) is 0.500. The molecule has 4 heteroatoms. The first-order valence-corrected chi connectivity index (χ1v) is 5.57. The van der Waals surface area contributed by atoms with E-state index in [0.29, 0.717) is 18.3 Å². The number of aromatic nitrogens is 2. The van der Waals surface area contributed by atoms with E-state index in [1.165, 1.54) is 0 Å². The molecule has 1 saturated carbocycles. The molecule has 0 spiro atoms. The van der Waals surface area contributed by atoms with E-state index in [1.54, 1.807) is 17.7 Å². The van der Waals surface area contributed by atoms with Crippen LogP contribution in [-0.2, 0) is 4.74 Å². The Bertz CT molecular complexity index is 430. The molecule has 0 aliphatic heterocycles. The molecule has 2 rings (SSSR count). The van der Waals surface area contributed by atoms with Gasteiger partial charge in [0.05, 0.1) is 18.3 Å². The molecule has 0 radical (unpaired) electrons. The SMILES string of the molecule is C=Cc1c(C)nn(C2CC2)c1C(=O)OCC. The number of rotatable bonds is 4. The van der Waals surface area contributed by atoms with E-state index in [1.807, 2.05) is 6.92 Å². The van der Waals surface area contributed by atoms with Crippen molar-refractivity contribution < 1.29 is 9.53 Å². The van der Waals surface area contributed by atoms with Gasteiger partial charge < -0.3 is 4.74 Å². The molecule has 1 aliphatic rings. The molecule has 0 unspecified atom stereocenters. The summed E-state index contributed by atoms with van der Waals surface area (Å²) in [5, 5.41) is 4.39. The lowest BCUT2D eigenvalue weighted by Gasteiger charge is -2.06. The summed E-state index contributed by atoms with van der Waals surface area (Å²) in [4.78, 5) is 11.9. The van der Waals surface area contributed by atoms with E-state index in [-0.39, 0.29) is 5.97 Å². The largest absolute Gasteiger partial charge is 0.461 e. The van der Waals surface area contributed by atoms with Crippen LogP contribution in [0.2, 0.25) is 0 Å². The van der Waals surface area contributed by atoms with Crippen LogP contribution in [0.25, 0.3) is 6.08 Å². The Labute approximate surface area is 94.9 Å². The summed E-state index contributed by atoms with van der Waals surface area (Å²) in [5.41, 5.74) is 2.19. The Kier molecular flexibility index (Phi) is 2.81. The molecule has 86 valence electrons. The minimum atomic E-state index is -0.301. The smallest absolute Gasteiger partial charge is 0.357 e. The lowest BCUT2D eigenvalue weighted by molar-refractivity contribution is 0.0511. The first-order chi connectivity index (χ1) is 7.69. The monoisotopic (exact) mass is 220 g/mol. The van der Waals surface area contributed by atoms with Crippen LogP contribution in [-0.4, -0.2) is 22.4 Å². The normalized spacial score (nSPS) is 14.9. The van der Waals surface area contributed by atoms with Crippen molar-refractivity contribution in [3.05, 3.63) is 23.5 Å². The van der Waals surface area contributed by atoms with Gasteiger partial charge in [-0.3, -0.25) is 4.68 Å². The summed E-state index contributed by atoms with van der Waals surface area (Å²) < 4.78 is 6.85. The van der Waals surface area contributed by atoms with Crippen molar-refractivity contribution in [1.29, 1.82) is 0 Å². The average molecular weight is 220 g/mol. The summed E-state index contributed by atoms with van der Waals surface area (Å²) in [5.74, 6) is -0.301. The van der Waals surface area contributed by atoms with Gasteiger partial charge in [0.1, 0.15) is 0 Å². The molecule has 0 aromatic carbocycles. The molecule has 0 saturated heterocycles. The second kappa shape index (κ2) is 4.12. The molecular formula is C12H16N2O2. The number of carbonyl (C=O) groups excluding carboxylic acids is 1. The molecule has 1 aromatic rings. The second-order valence-corrected chi connectivity index (χ2v) is 3.95. The van der Waals surface area contributed by atoms with Gasteiger partial charge in [0.25, 0.3) is 0 Å². The fourth-order valence-corrected chi connectivity index (χ4v) is 1.79. The van der Waals surface area contributed by atoms with E-state index >= 15 is 0 Å². The number of ether oxygens (including phenoxy) is 1. The molecule has 0 bridgehead atoms. The van der Waals surface area contributed by atoms with E-state index < -0.39 is 0 Å². The highest BCUT2D eigenvalue weighted by molar-refractivity contribution is 5.92. The third-order valence-electron chi connectivity index (χ3n) is 2.70. The molecule has 0 atom stereocenters. The Balaban J connectivity index is 2.45. The molecular weight excluding hydrogens is 204 g/mol. The highest BCUT2D eigenvalue weighted by atomic mass is 16.5. The standard InChI is InChI=1S/C12H16N2O2/c1-4-10-8(3)13-14(9-6-7-9)11(10)12(15)16-5-2/h4,9H,1,5-7H2,2-3H3. The zero-order valence-electron chi connectivity index (χ0n) is 9.69. The van der Waals surface area contributed by atoms with Crippen molar-refractivity contribution in [3.8, 4) is 0 Å². The Morgan fingerprint density at radius 3 is 2.88 bits per heavy atom. The summed E-state index contributed by atoms with van der Waals surface area (Å²) in [6, 6.07) is 0.367. The minimum absolute atomic E-state index is 0.301. The fourth-order valence-electron chi connectivity index (χ4n) is 1.79. The highest BCUT2D eigenvalue weighted by Gasteiger charge is 2.31. The molecule has 4 nitrogen and oxygen atoms in total. The van der Waals surface area contributed by atoms with Crippen LogP contribution in [0.15, 0.2) is 6.58 Å². The molecule has 0 N–H and O–H groups in total. The van der Waals surface area contributed by atoms with Gasteiger partial charge in [-0.05, 0) is 26.7 Å². The summed E-state index contributed by atoms with van der Waals surface area (Å²) in [7, 11) is 0. The van der Waals surface area contributed by atoms with Gasteiger partial charge in [-0.1, -0.05) is 12.7 Å². The van der Waals surface area contributed by atoms with Gasteiger partial charge >= 0.3 is 5.97 Å². The summed E-state index contributed by atoms with van der Waals surface area (Å²) in [6.07, 6.45) is 3.85. The van der Waals surface area contributed by atoms with E-state index in [4.69, 9.17) is 4.74 Å². The van der Waals surface area contributed by atoms with Crippen molar-refractivity contribution in [2.45, 2.75) is 32.7 Å². The van der Waals surface area contributed by atoms with Crippen molar-refractivity contribution in [1.82, 2.24) is 9.78 Å². The molecule has 1 aliphatic carbocycles. The number of aryl methyl sites for hydroxylation is 1. The van der Waals surface area contributed by atoms with Gasteiger partial charge in [0.15, 0.2) is 5.69 Å². The van der Waals surface area contributed by atoms with Gasteiger partial charge in [0.2, 0.25) is 0 Å². The van der Waals surface area contributed by atoms with Crippen LogP contribution < -0.4 is 0 Å². The van der Waals surface area contributed by atoms with E-state index in [9.17, 15) is 4.79 Å². The summed E-state index contributed by atoms with van der Waals surface area (Å²) >= 11 is 0. The first-order valence-electron chi connectivity index (χ1n) is 5.57. The molecule has 16 heavy (non-hydrogen) atoms. The Hall–Kier alpha value is -1.58. The van der Waals surface area contributed by atoms with Crippen molar-refractivity contribution in [2.75, 3.05) is 6.61 Å². The molecule has 1 heterocycles. The van der Waals surface area contributed by atoms with Crippen molar-refractivity contribution in [2.24, 2.45) is 0 Å². The Morgan fingerprint density at radius 2 is 2.38 bits per heavy atom. The van der Waals surface area contributed by atoms with Crippen LogP contribution in [0.4, 0.5) is 0 Å². The number of hydrogen-bond acceptors (Lipinski definition) is 3. The van der Waals surface area contributed by atoms with E-state index in [2.05, 4.69) is 11.7 Å². The predicted octanol–water partition coefficient (Wildman–Crippen LogP) is 2.35. The number of esters is 1. The van der Waals surface area contributed by atoms with Crippen LogP contribution in [0.3, 0.4) is 0 Å². The van der Waals surface area contributed by atoms with Gasteiger partial charge in [-0.15, -0.1) is 0 Å².